The van der Waals surface area contributed by atoms with E-state index in [1.54, 1.807) is 49.6 Å². The molecule has 1 N–H and O–H groups in total. The topological polar surface area (TPSA) is 55.8 Å². The van der Waals surface area contributed by atoms with Crippen molar-refractivity contribution in [2.24, 2.45) is 0 Å². The monoisotopic (exact) mass is 338 g/mol. The highest BCUT2D eigenvalue weighted by Gasteiger charge is 2.21. The molecule has 0 saturated carbocycles. The zero-order valence-electron chi connectivity index (χ0n) is 12.1. The number of hydrogen-bond donors (Lipinski definition) is 1. The van der Waals surface area contributed by atoms with Crippen LogP contribution in [0.15, 0.2) is 47.4 Å². The number of methoxy groups -OCH3 is 2. The van der Waals surface area contributed by atoms with Crippen molar-refractivity contribution >= 4 is 29.3 Å². The maximum absolute atomic E-state index is 11.6. The lowest BCUT2D eigenvalue weighted by Gasteiger charge is -2.14. The summed E-state index contributed by atoms with van der Waals surface area (Å²) in [4.78, 5) is 12.3. The molecule has 1 unspecified atom stereocenters. The Kier molecular flexibility index (Phi) is 5.57. The van der Waals surface area contributed by atoms with E-state index >= 15 is 0 Å². The highest BCUT2D eigenvalue weighted by atomic mass is 35.5. The lowest BCUT2D eigenvalue weighted by molar-refractivity contribution is -0.136. The number of carboxylic acids is 1. The fourth-order valence-corrected chi connectivity index (χ4v) is 3.07. The minimum Gasteiger partial charge on any atom is -0.497 e. The Morgan fingerprint density at radius 1 is 1.14 bits per heavy atom. The molecule has 0 amide bonds. The summed E-state index contributed by atoms with van der Waals surface area (Å²) >= 11 is 7.20. The average Bonchev–Trinajstić information content (AvgIpc) is 2.54. The Morgan fingerprint density at radius 3 is 2.36 bits per heavy atom. The first kappa shape index (κ1) is 16.5. The quantitative estimate of drug-likeness (QED) is 0.797. The van der Waals surface area contributed by atoms with E-state index in [0.29, 0.717) is 22.1 Å². The molecule has 0 aliphatic carbocycles. The molecular weight excluding hydrogens is 324 g/mol. The molecule has 0 spiro atoms. The third-order valence-electron chi connectivity index (χ3n) is 3.02. The van der Waals surface area contributed by atoms with Crippen LogP contribution in [0.5, 0.6) is 11.5 Å². The second-order valence-electron chi connectivity index (χ2n) is 4.41. The van der Waals surface area contributed by atoms with Crippen LogP contribution in [0.4, 0.5) is 0 Å². The Morgan fingerprint density at radius 2 is 1.82 bits per heavy atom. The minimum absolute atomic E-state index is 0.489. The van der Waals surface area contributed by atoms with Gasteiger partial charge in [0.05, 0.1) is 19.2 Å². The van der Waals surface area contributed by atoms with Crippen molar-refractivity contribution in [3.05, 3.63) is 53.1 Å². The summed E-state index contributed by atoms with van der Waals surface area (Å²) in [5.41, 5.74) is 0.687. The van der Waals surface area contributed by atoms with Crippen LogP contribution in [0, 0.1) is 0 Å². The highest BCUT2D eigenvalue weighted by molar-refractivity contribution is 8.00. The van der Waals surface area contributed by atoms with Crippen LogP contribution < -0.4 is 9.47 Å². The summed E-state index contributed by atoms with van der Waals surface area (Å²) in [6.07, 6.45) is 0. The molecule has 1 atom stereocenters. The molecule has 116 valence electrons. The number of thioether (sulfide) groups is 1. The molecule has 0 aliphatic heterocycles. The average molecular weight is 339 g/mol. The predicted octanol–water partition coefficient (Wildman–Crippen LogP) is 4.28. The molecular formula is C16H15ClO4S. The van der Waals surface area contributed by atoms with Crippen molar-refractivity contribution in [2.75, 3.05) is 14.2 Å². The van der Waals surface area contributed by atoms with Gasteiger partial charge >= 0.3 is 5.97 Å². The van der Waals surface area contributed by atoms with E-state index < -0.39 is 11.2 Å². The van der Waals surface area contributed by atoms with Crippen LogP contribution in [-0.4, -0.2) is 25.3 Å². The summed E-state index contributed by atoms with van der Waals surface area (Å²) in [5, 5.41) is 9.25. The van der Waals surface area contributed by atoms with E-state index in [0.717, 1.165) is 4.90 Å². The molecule has 0 bridgehead atoms. The first-order chi connectivity index (χ1) is 10.5. The Hall–Kier alpha value is -1.85. The molecule has 6 heteroatoms. The van der Waals surface area contributed by atoms with Crippen molar-refractivity contribution in [3.8, 4) is 11.5 Å². The second kappa shape index (κ2) is 7.42. The van der Waals surface area contributed by atoms with Gasteiger partial charge in [0.1, 0.15) is 16.7 Å². The number of benzene rings is 2. The van der Waals surface area contributed by atoms with Gasteiger partial charge < -0.3 is 14.6 Å². The van der Waals surface area contributed by atoms with Gasteiger partial charge in [-0.3, -0.25) is 4.79 Å². The van der Waals surface area contributed by atoms with E-state index in [1.807, 2.05) is 0 Å². The van der Waals surface area contributed by atoms with Crippen molar-refractivity contribution < 1.29 is 19.4 Å². The molecule has 2 aromatic carbocycles. The third kappa shape index (κ3) is 3.87. The highest BCUT2D eigenvalue weighted by Crippen LogP contribution is 2.39. The van der Waals surface area contributed by atoms with Crippen LogP contribution >= 0.6 is 23.4 Å². The van der Waals surface area contributed by atoms with Crippen LogP contribution in [0.3, 0.4) is 0 Å². The van der Waals surface area contributed by atoms with Gasteiger partial charge in [-0.25, -0.2) is 0 Å². The van der Waals surface area contributed by atoms with E-state index in [4.69, 9.17) is 21.1 Å². The number of hydrogen-bond acceptors (Lipinski definition) is 4. The second-order valence-corrected chi connectivity index (χ2v) is 5.99. The maximum Gasteiger partial charge on any atom is 0.321 e. The molecule has 0 heterocycles. The van der Waals surface area contributed by atoms with Gasteiger partial charge in [0.15, 0.2) is 0 Å². The van der Waals surface area contributed by atoms with Crippen LogP contribution in [-0.2, 0) is 4.79 Å². The van der Waals surface area contributed by atoms with Gasteiger partial charge in [-0.05, 0) is 35.9 Å². The zero-order valence-corrected chi connectivity index (χ0v) is 13.6. The van der Waals surface area contributed by atoms with Crippen molar-refractivity contribution in [1.82, 2.24) is 0 Å². The Bertz CT molecular complexity index is 658. The Balaban J connectivity index is 2.26. The molecule has 0 fully saturated rings. The molecule has 2 aromatic rings. The molecule has 4 nitrogen and oxygen atoms in total. The fourth-order valence-electron chi connectivity index (χ4n) is 1.89. The summed E-state index contributed by atoms with van der Waals surface area (Å²) in [5.74, 6) is 0.292. The predicted molar refractivity (Wildman–Crippen MR) is 87.2 cm³/mol. The Labute approximate surface area is 138 Å². The smallest absolute Gasteiger partial charge is 0.321 e. The van der Waals surface area contributed by atoms with Gasteiger partial charge in [0, 0.05) is 4.90 Å². The normalized spacial score (nSPS) is 11.8. The largest absolute Gasteiger partial charge is 0.497 e. The maximum atomic E-state index is 11.6. The van der Waals surface area contributed by atoms with Gasteiger partial charge in [-0.15, -0.1) is 11.8 Å². The first-order valence-electron chi connectivity index (χ1n) is 6.42. The van der Waals surface area contributed by atoms with E-state index in [1.165, 1.54) is 18.9 Å². The van der Waals surface area contributed by atoms with Crippen LogP contribution in [0.2, 0.25) is 5.02 Å². The standard InChI is InChI=1S/C16H15ClO4S/c1-20-11-5-3-10(4-6-11)15(16(18)19)22-12-7-8-13(17)14(9-12)21-2/h3-9,15H,1-2H3,(H,18,19). The lowest BCUT2D eigenvalue weighted by Crippen LogP contribution is -2.07. The minimum atomic E-state index is -0.913. The molecule has 0 aliphatic rings. The van der Waals surface area contributed by atoms with Crippen molar-refractivity contribution in [1.29, 1.82) is 0 Å². The number of carbonyl (C=O) groups is 1. The summed E-state index contributed by atoms with van der Waals surface area (Å²) < 4.78 is 10.2. The molecule has 0 aromatic heterocycles. The molecule has 0 radical (unpaired) electrons. The molecule has 2 rings (SSSR count). The van der Waals surface area contributed by atoms with Gasteiger partial charge in [-0.2, -0.15) is 0 Å². The fraction of sp³-hybridized carbons (Fsp3) is 0.188. The summed E-state index contributed by atoms with van der Waals surface area (Å²) in [6.45, 7) is 0. The summed E-state index contributed by atoms with van der Waals surface area (Å²) in [6, 6.07) is 12.2. The number of halogens is 1. The van der Waals surface area contributed by atoms with Crippen molar-refractivity contribution in [2.45, 2.75) is 10.1 Å². The number of aliphatic carboxylic acids is 1. The molecule has 0 saturated heterocycles. The number of carboxylic acid groups (broad SMARTS) is 1. The SMILES string of the molecule is COc1ccc(C(Sc2ccc(Cl)c(OC)c2)C(=O)O)cc1. The number of rotatable bonds is 6. The van der Waals surface area contributed by atoms with Crippen LogP contribution in [0.25, 0.3) is 0 Å². The van der Waals surface area contributed by atoms with Crippen LogP contribution in [0.1, 0.15) is 10.8 Å². The number of ether oxygens (including phenoxy) is 2. The first-order valence-corrected chi connectivity index (χ1v) is 7.68. The van der Waals surface area contributed by atoms with E-state index in [9.17, 15) is 9.90 Å². The van der Waals surface area contributed by atoms with Gasteiger partial charge in [-0.1, -0.05) is 23.7 Å². The van der Waals surface area contributed by atoms with Gasteiger partial charge in [0.2, 0.25) is 0 Å². The van der Waals surface area contributed by atoms with E-state index in [2.05, 4.69) is 0 Å². The van der Waals surface area contributed by atoms with Crippen molar-refractivity contribution in [3.63, 3.8) is 0 Å². The third-order valence-corrected chi connectivity index (χ3v) is 4.57. The lowest BCUT2D eigenvalue weighted by atomic mass is 10.1. The van der Waals surface area contributed by atoms with Gasteiger partial charge in [0.25, 0.3) is 0 Å². The molecule has 22 heavy (non-hydrogen) atoms. The van der Waals surface area contributed by atoms with E-state index in [-0.39, 0.29) is 0 Å². The summed E-state index contributed by atoms with van der Waals surface area (Å²) in [7, 11) is 3.09. The zero-order chi connectivity index (χ0) is 16.1.